The van der Waals surface area contributed by atoms with Crippen molar-refractivity contribution in [1.82, 2.24) is 9.97 Å². The highest BCUT2D eigenvalue weighted by Gasteiger charge is 2.09. The van der Waals surface area contributed by atoms with Gasteiger partial charge < -0.3 is 5.32 Å². The molecule has 0 aliphatic heterocycles. The van der Waals surface area contributed by atoms with Crippen molar-refractivity contribution in [2.24, 2.45) is 0 Å². The minimum absolute atomic E-state index is 0.666. The third-order valence-corrected chi connectivity index (χ3v) is 4.49. The summed E-state index contributed by atoms with van der Waals surface area (Å²) in [6, 6.07) is 12.3. The Hall–Kier alpha value is -1.59. The van der Waals surface area contributed by atoms with Crippen LogP contribution in [0.3, 0.4) is 0 Å². The second-order valence-electron chi connectivity index (χ2n) is 3.65. The molecule has 0 unspecified atom stereocenters. The lowest BCUT2D eigenvalue weighted by atomic mass is 10.4. The molecule has 18 heavy (non-hydrogen) atoms. The van der Waals surface area contributed by atoms with E-state index >= 15 is 0 Å². The molecule has 3 aromatic rings. The van der Waals surface area contributed by atoms with Crippen molar-refractivity contribution in [3.8, 4) is 0 Å². The van der Waals surface area contributed by atoms with Gasteiger partial charge in [0, 0.05) is 11.9 Å². The van der Waals surface area contributed by atoms with E-state index in [1.165, 1.54) is 4.90 Å². The number of aromatic nitrogens is 2. The van der Waals surface area contributed by atoms with Gasteiger partial charge in [0.1, 0.15) is 5.03 Å². The number of anilines is 1. The molecule has 2 aromatic heterocycles. The zero-order chi connectivity index (χ0) is 12.4. The third kappa shape index (κ3) is 2.19. The van der Waals surface area contributed by atoms with Crippen molar-refractivity contribution in [3.63, 3.8) is 0 Å². The molecule has 0 spiro atoms. The van der Waals surface area contributed by atoms with E-state index < -0.39 is 0 Å². The van der Waals surface area contributed by atoms with Crippen molar-refractivity contribution >= 4 is 39.3 Å². The van der Waals surface area contributed by atoms with Crippen molar-refractivity contribution in [1.29, 1.82) is 0 Å². The Morgan fingerprint density at radius 2 is 1.94 bits per heavy atom. The molecule has 0 amide bonds. The molecule has 0 radical (unpaired) electrons. The van der Waals surface area contributed by atoms with E-state index in [0.717, 1.165) is 15.2 Å². The Bertz CT molecular complexity index is 664. The number of hydrogen-bond acceptors (Lipinski definition) is 5. The lowest BCUT2D eigenvalue weighted by molar-refractivity contribution is 1.10. The molecule has 0 aliphatic carbocycles. The van der Waals surface area contributed by atoms with Crippen LogP contribution < -0.4 is 5.32 Å². The Kier molecular flexibility index (Phi) is 3.17. The maximum absolute atomic E-state index is 4.54. The summed E-state index contributed by atoms with van der Waals surface area (Å²) in [7, 11) is 1.84. The van der Waals surface area contributed by atoms with Gasteiger partial charge >= 0.3 is 0 Å². The van der Waals surface area contributed by atoms with Gasteiger partial charge in [-0.05, 0) is 23.6 Å². The minimum Gasteiger partial charge on any atom is -0.357 e. The molecule has 90 valence electrons. The van der Waals surface area contributed by atoms with Gasteiger partial charge in [0.2, 0.25) is 5.95 Å². The number of benzene rings is 1. The highest BCUT2D eigenvalue weighted by atomic mass is 32.2. The first-order valence-corrected chi connectivity index (χ1v) is 7.22. The van der Waals surface area contributed by atoms with Gasteiger partial charge in [0.15, 0.2) is 0 Å². The van der Waals surface area contributed by atoms with Gasteiger partial charge in [-0.3, -0.25) is 0 Å². The van der Waals surface area contributed by atoms with Crippen molar-refractivity contribution in [2.45, 2.75) is 9.92 Å². The summed E-state index contributed by atoms with van der Waals surface area (Å²) in [4.78, 5) is 10.2. The molecular formula is C13H11N3S2. The number of hydrogen-bond donors (Lipinski definition) is 1. The molecular weight excluding hydrogens is 262 g/mol. The molecule has 1 N–H and O–H groups in total. The summed E-state index contributed by atoms with van der Waals surface area (Å²) in [5, 5.41) is 6.06. The molecule has 0 aliphatic rings. The average molecular weight is 273 g/mol. The normalized spacial score (nSPS) is 10.7. The average Bonchev–Trinajstić information content (AvgIpc) is 2.88. The summed E-state index contributed by atoms with van der Waals surface area (Å²) in [5.74, 6) is 0.666. The first-order valence-electron chi connectivity index (χ1n) is 5.53. The Morgan fingerprint density at radius 3 is 2.72 bits per heavy atom. The molecule has 0 bridgehead atoms. The van der Waals surface area contributed by atoms with E-state index in [4.69, 9.17) is 0 Å². The molecule has 3 rings (SSSR count). The number of nitrogens with one attached hydrogen (secondary N) is 1. The zero-order valence-electron chi connectivity index (χ0n) is 9.75. The van der Waals surface area contributed by atoms with Crippen LogP contribution in [-0.4, -0.2) is 17.0 Å². The minimum atomic E-state index is 0.666. The lowest BCUT2D eigenvalue weighted by Gasteiger charge is -2.04. The number of rotatable bonds is 3. The first-order chi connectivity index (χ1) is 8.86. The summed E-state index contributed by atoms with van der Waals surface area (Å²) >= 11 is 3.35. The van der Waals surface area contributed by atoms with Gasteiger partial charge in [-0.1, -0.05) is 30.0 Å². The third-order valence-electron chi connectivity index (χ3n) is 2.45. The van der Waals surface area contributed by atoms with E-state index in [2.05, 4.69) is 27.4 Å². The van der Waals surface area contributed by atoms with Crippen LogP contribution in [0.1, 0.15) is 0 Å². The summed E-state index contributed by atoms with van der Waals surface area (Å²) in [6.07, 6.45) is 0. The van der Waals surface area contributed by atoms with Crippen LogP contribution in [0.2, 0.25) is 0 Å². The molecule has 5 heteroatoms. The maximum Gasteiger partial charge on any atom is 0.224 e. The second-order valence-corrected chi connectivity index (χ2v) is 5.63. The molecule has 0 atom stereocenters. The summed E-state index contributed by atoms with van der Waals surface area (Å²) in [5.41, 5.74) is 0.998. The van der Waals surface area contributed by atoms with E-state index in [1.54, 1.807) is 23.1 Å². The van der Waals surface area contributed by atoms with Crippen molar-refractivity contribution in [3.05, 3.63) is 41.8 Å². The van der Waals surface area contributed by atoms with Crippen LogP contribution in [0, 0.1) is 0 Å². The van der Waals surface area contributed by atoms with Crippen LogP contribution in [-0.2, 0) is 0 Å². The molecule has 1 aromatic carbocycles. The zero-order valence-corrected chi connectivity index (χ0v) is 11.4. The van der Waals surface area contributed by atoms with E-state index in [0.29, 0.717) is 5.95 Å². The highest BCUT2D eigenvalue weighted by Crippen LogP contribution is 2.34. The summed E-state index contributed by atoms with van der Waals surface area (Å²) < 4.78 is 1.14. The van der Waals surface area contributed by atoms with Gasteiger partial charge in [0.05, 0.1) is 10.2 Å². The van der Waals surface area contributed by atoms with Crippen LogP contribution in [0.4, 0.5) is 5.95 Å². The quantitative estimate of drug-likeness (QED) is 0.735. The van der Waals surface area contributed by atoms with Crippen LogP contribution in [0.15, 0.2) is 51.7 Å². The Morgan fingerprint density at radius 1 is 1.11 bits per heavy atom. The molecule has 3 nitrogen and oxygen atoms in total. The van der Waals surface area contributed by atoms with Crippen LogP contribution in [0.5, 0.6) is 0 Å². The Balaban J connectivity index is 2.07. The molecule has 0 saturated carbocycles. The topological polar surface area (TPSA) is 37.8 Å². The van der Waals surface area contributed by atoms with Crippen molar-refractivity contribution in [2.75, 3.05) is 12.4 Å². The number of nitrogens with zero attached hydrogens (tertiary/aromatic N) is 2. The van der Waals surface area contributed by atoms with E-state index in [1.807, 2.05) is 36.7 Å². The van der Waals surface area contributed by atoms with Crippen molar-refractivity contribution < 1.29 is 0 Å². The van der Waals surface area contributed by atoms with Crippen LogP contribution in [0.25, 0.3) is 10.2 Å². The summed E-state index contributed by atoms with van der Waals surface area (Å²) in [6.45, 7) is 0. The maximum atomic E-state index is 4.54. The molecule has 0 fully saturated rings. The highest BCUT2D eigenvalue weighted by molar-refractivity contribution is 7.99. The largest absolute Gasteiger partial charge is 0.357 e. The smallest absolute Gasteiger partial charge is 0.224 e. The fourth-order valence-corrected chi connectivity index (χ4v) is 3.45. The molecule has 0 saturated heterocycles. The molecule has 2 heterocycles. The first kappa shape index (κ1) is 11.5. The van der Waals surface area contributed by atoms with E-state index in [-0.39, 0.29) is 0 Å². The SMILES string of the molecule is CNc1nc(Sc2ccccc2)c2sccc2n1. The monoisotopic (exact) mass is 273 g/mol. The van der Waals surface area contributed by atoms with Gasteiger partial charge in [-0.15, -0.1) is 11.3 Å². The fraction of sp³-hybridized carbons (Fsp3) is 0.0769. The number of fused-ring (bicyclic) bond motifs is 1. The van der Waals surface area contributed by atoms with Gasteiger partial charge in [-0.2, -0.15) is 0 Å². The lowest BCUT2D eigenvalue weighted by Crippen LogP contribution is -1.96. The predicted octanol–water partition coefficient (Wildman–Crippen LogP) is 3.88. The van der Waals surface area contributed by atoms with E-state index in [9.17, 15) is 0 Å². The van der Waals surface area contributed by atoms with Gasteiger partial charge in [0.25, 0.3) is 0 Å². The second kappa shape index (κ2) is 4.96. The standard InChI is InChI=1S/C13H11N3S2/c1-14-13-15-10-7-8-17-11(10)12(16-13)18-9-5-3-2-4-6-9/h2-8H,1H3,(H,14,15,16). The number of thiophene rings is 1. The van der Waals surface area contributed by atoms with Crippen LogP contribution >= 0.6 is 23.1 Å². The Labute approximate surface area is 113 Å². The fourth-order valence-electron chi connectivity index (χ4n) is 1.62. The predicted molar refractivity (Wildman–Crippen MR) is 77.5 cm³/mol. The van der Waals surface area contributed by atoms with Gasteiger partial charge in [-0.25, -0.2) is 9.97 Å².